The van der Waals surface area contributed by atoms with Crippen LogP contribution in [0.5, 0.6) is 0 Å². The average Bonchev–Trinajstić information content (AvgIpc) is 3.15. The van der Waals surface area contributed by atoms with Gasteiger partial charge in [0.05, 0.1) is 11.9 Å². The van der Waals surface area contributed by atoms with E-state index < -0.39 is 0 Å². The van der Waals surface area contributed by atoms with Crippen molar-refractivity contribution >= 4 is 5.91 Å². The van der Waals surface area contributed by atoms with Crippen LogP contribution in [0.3, 0.4) is 0 Å². The number of hydrogen-bond donors (Lipinski definition) is 1. The maximum absolute atomic E-state index is 12.1. The molecule has 0 aliphatic rings. The molecule has 0 spiro atoms. The zero-order chi connectivity index (χ0) is 14.8. The Morgan fingerprint density at radius 3 is 2.43 bits per heavy atom. The number of carbonyl (C=O) groups excluding carboxylic acids is 1. The van der Waals surface area contributed by atoms with Crippen LogP contribution >= 0.6 is 0 Å². The minimum Gasteiger partial charge on any atom is -0.355 e. The van der Waals surface area contributed by atoms with Crippen LogP contribution in [-0.4, -0.2) is 27.3 Å². The van der Waals surface area contributed by atoms with Crippen molar-refractivity contribution in [3.8, 4) is 11.5 Å². The van der Waals surface area contributed by atoms with Gasteiger partial charge in [-0.05, 0) is 31.2 Å². The van der Waals surface area contributed by atoms with E-state index in [1.807, 2.05) is 60.3 Å². The fraction of sp³-hybridized carbons (Fsp3) is 0.125. The maximum atomic E-state index is 12.1. The van der Waals surface area contributed by atoms with Crippen LogP contribution in [0.4, 0.5) is 0 Å². The lowest BCUT2D eigenvalue weighted by atomic mass is 10.2. The molecule has 106 valence electrons. The summed E-state index contributed by atoms with van der Waals surface area (Å²) in [7, 11) is 1.62. The normalized spacial score (nSPS) is 10.6. The standard InChI is InChI=1S/C16H16N4O/c1-12-5-7-13(8-6-12)20-16(19-9-3-4-10-19)14(11-18-20)15(21)17-2/h3-11H,1-2H3,(H,17,21). The van der Waals surface area contributed by atoms with Gasteiger partial charge in [-0.3, -0.25) is 4.79 Å². The summed E-state index contributed by atoms with van der Waals surface area (Å²) >= 11 is 0. The quantitative estimate of drug-likeness (QED) is 0.800. The summed E-state index contributed by atoms with van der Waals surface area (Å²) < 4.78 is 3.65. The third-order valence-corrected chi connectivity index (χ3v) is 3.34. The van der Waals surface area contributed by atoms with E-state index in [1.165, 1.54) is 5.56 Å². The molecule has 0 saturated carbocycles. The van der Waals surface area contributed by atoms with E-state index in [0.29, 0.717) is 5.56 Å². The van der Waals surface area contributed by atoms with E-state index in [0.717, 1.165) is 11.5 Å². The van der Waals surface area contributed by atoms with E-state index in [9.17, 15) is 4.79 Å². The molecule has 0 bridgehead atoms. The van der Waals surface area contributed by atoms with Gasteiger partial charge in [0, 0.05) is 19.4 Å². The Balaban J connectivity index is 2.19. The smallest absolute Gasteiger partial charge is 0.256 e. The third kappa shape index (κ3) is 2.33. The van der Waals surface area contributed by atoms with Crippen molar-refractivity contribution in [1.29, 1.82) is 0 Å². The molecule has 1 aromatic carbocycles. The zero-order valence-corrected chi connectivity index (χ0v) is 11.9. The SMILES string of the molecule is CNC(=O)c1cnn(-c2ccc(C)cc2)c1-n1cccc1. The number of nitrogens with zero attached hydrogens (tertiary/aromatic N) is 3. The van der Waals surface area contributed by atoms with Crippen LogP contribution in [0.25, 0.3) is 11.5 Å². The van der Waals surface area contributed by atoms with Gasteiger partial charge in [0.25, 0.3) is 5.91 Å². The van der Waals surface area contributed by atoms with Gasteiger partial charge in [0.15, 0.2) is 5.82 Å². The van der Waals surface area contributed by atoms with Gasteiger partial charge in [-0.25, -0.2) is 4.68 Å². The molecule has 21 heavy (non-hydrogen) atoms. The molecule has 0 radical (unpaired) electrons. The van der Waals surface area contributed by atoms with E-state index in [4.69, 9.17) is 0 Å². The molecule has 0 aliphatic carbocycles. The summed E-state index contributed by atoms with van der Waals surface area (Å²) in [5, 5.41) is 7.03. The molecule has 5 heteroatoms. The summed E-state index contributed by atoms with van der Waals surface area (Å²) in [6.07, 6.45) is 5.39. The average molecular weight is 280 g/mol. The van der Waals surface area contributed by atoms with Crippen molar-refractivity contribution in [3.63, 3.8) is 0 Å². The van der Waals surface area contributed by atoms with E-state index in [-0.39, 0.29) is 5.91 Å². The first-order valence-electron chi connectivity index (χ1n) is 6.71. The lowest BCUT2D eigenvalue weighted by molar-refractivity contribution is 0.0963. The molecule has 0 saturated heterocycles. The van der Waals surface area contributed by atoms with Crippen molar-refractivity contribution in [2.24, 2.45) is 0 Å². The van der Waals surface area contributed by atoms with Crippen molar-refractivity contribution < 1.29 is 4.79 Å². The topological polar surface area (TPSA) is 51.9 Å². The van der Waals surface area contributed by atoms with Crippen LogP contribution in [0.1, 0.15) is 15.9 Å². The Morgan fingerprint density at radius 1 is 1.14 bits per heavy atom. The minimum absolute atomic E-state index is 0.155. The van der Waals surface area contributed by atoms with Crippen molar-refractivity contribution in [2.75, 3.05) is 7.05 Å². The molecule has 0 unspecified atom stereocenters. The Kier molecular flexibility index (Phi) is 3.31. The molecule has 0 aliphatic heterocycles. The predicted octanol–water partition coefficient (Wildman–Crippen LogP) is 2.33. The Labute approximate surface area is 122 Å². The molecule has 5 nitrogen and oxygen atoms in total. The highest BCUT2D eigenvalue weighted by Gasteiger charge is 2.18. The fourth-order valence-corrected chi connectivity index (χ4v) is 2.24. The number of aryl methyl sites for hydroxylation is 1. The molecule has 3 aromatic rings. The molecule has 0 fully saturated rings. The number of nitrogens with one attached hydrogen (secondary N) is 1. The second-order valence-corrected chi connectivity index (χ2v) is 4.80. The molecule has 1 amide bonds. The number of amides is 1. The number of rotatable bonds is 3. The second kappa shape index (κ2) is 5.28. The van der Waals surface area contributed by atoms with Gasteiger partial charge >= 0.3 is 0 Å². The molecule has 2 aromatic heterocycles. The van der Waals surface area contributed by atoms with E-state index in [1.54, 1.807) is 17.9 Å². The summed E-state index contributed by atoms with van der Waals surface area (Å²) in [6, 6.07) is 11.9. The van der Waals surface area contributed by atoms with Crippen molar-refractivity contribution in [2.45, 2.75) is 6.92 Å². The maximum Gasteiger partial charge on any atom is 0.256 e. The second-order valence-electron chi connectivity index (χ2n) is 4.80. The Bertz CT molecular complexity index is 754. The first-order chi connectivity index (χ1) is 10.2. The first-order valence-corrected chi connectivity index (χ1v) is 6.71. The molecule has 0 atom stereocenters. The lowest BCUT2D eigenvalue weighted by Gasteiger charge is -2.10. The molecule has 3 rings (SSSR count). The number of carbonyl (C=O) groups is 1. The number of hydrogen-bond acceptors (Lipinski definition) is 2. The summed E-state index contributed by atoms with van der Waals surface area (Å²) in [5.41, 5.74) is 2.63. The summed E-state index contributed by atoms with van der Waals surface area (Å²) in [5.74, 6) is 0.570. The monoisotopic (exact) mass is 280 g/mol. The third-order valence-electron chi connectivity index (χ3n) is 3.34. The summed E-state index contributed by atoms with van der Waals surface area (Å²) in [6.45, 7) is 2.04. The minimum atomic E-state index is -0.155. The highest BCUT2D eigenvalue weighted by Crippen LogP contribution is 2.20. The van der Waals surface area contributed by atoms with E-state index >= 15 is 0 Å². The Hall–Kier alpha value is -2.82. The van der Waals surface area contributed by atoms with Gasteiger partial charge in [0.1, 0.15) is 5.56 Å². The zero-order valence-electron chi connectivity index (χ0n) is 11.9. The van der Waals surface area contributed by atoms with Crippen LogP contribution < -0.4 is 5.32 Å². The van der Waals surface area contributed by atoms with Gasteiger partial charge in [-0.15, -0.1) is 0 Å². The van der Waals surface area contributed by atoms with Crippen LogP contribution in [-0.2, 0) is 0 Å². The highest BCUT2D eigenvalue weighted by atomic mass is 16.1. The highest BCUT2D eigenvalue weighted by molar-refractivity contribution is 5.97. The van der Waals surface area contributed by atoms with Gasteiger partial charge < -0.3 is 9.88 Å². The van der Waals surface area contributed by atoms with E-state index in [2.05, 4.69) is 10.4 Å². The lowest BCUT2D eigenvalue weighted by Crippen LogP contribution is -2.19. The predicted molar refractivity (Wildman–Crippen MR) is 81.0 cm³/mol. The van der Waals surface area contributed by atoms with Gasteiger partial charge in [-0.1, -0.05) is 17.7 Å². The largest absolute Gasteiger partial charge is 0.355 e. The number of benzene rings is 1. The molecular formula is C16H16N4O. The van der Waals surface area contributed by atoms with Crippen LogP contribution in [0, 0.1) is 6.92 Å². The fourth-order valence-electron chi connectivity index (χ4n) is 2.24. The molecule has 2 heterocycles. The Morgan fingerprint density at radius 2 is 1.81 bits per heavy atom. The summed E-state index contributed by atoms with van der Waals surface area (Å²) in [4.78, 5) is 12.1. The molecule has 1 N–H and O–H groups in total. The van der Waals surface area contributed by atoms with Crippen molar-refractivity contribution in [3.05, 3.63) is 66.1 Å². The molecular weight excluding hydrogens is 264 g/mol. The first kappa shape index (κ1) is 13.2. The van der Waals surface area contributed by atoms with Crippen LogP contribution in [0.15, 0.2) is 55.0 Å². The van der Waals surface area contributed by atoms with Gasteiger partial charge in [-0.2, -0.15) is 5.10 Å². The number of aromatic nitrogens is 3. The van der Waals surface area contributed by atoms with Crippen molar-refractivity contribution in [1.82, 2.24) is 19.7 Å². The van der Waals surface area contributed by atoms with Gasteiger partial charge in [0.2, 0.25) is 0 Å². The van der Waals surface area contributed by atoms with Crippen LogP contribution in [0.2, 0.25) is 0 Å².